The molecular weight excluding hydrogens is 404 g/mol. The summed E-state index contributed by atoms with van der Waals surface area (Å²) in [6, 6.07) is 13.7. The maximum Gasteiger partial charge on any atom is 0.270 e. The number of rotatable bonds is 5. The number of methoxy groups -OCH3 is 1. The minimum Gasteiger partial charge on any atom is -0.496 e. The predicted octanol–water partition coefficient (Wildman–Crippen LogP) is 2.93. The summed E-state index contributed by atoms with van der Waals surface area (Å²) in [6.07, 6.45) is 3.59. The third-order valence-corrected chi connectivity index (χ3v) is 6.05. The normalized spacial score (nSPS) is 14.8. The average Bonchev–Trinajstić information content (AvgIpc) is 3.43. The van der Waals surface area contributed by atoms with Crippen LogP contribution in [0.4, 0.5) is 0 Å². The Balaban J connectivity index is 1.23. The van der Waals surface area contributed by atoms with E-state index in [0.29, 0.717) is 18.8 Å². The van der Waals surface area contributed by atoms with Gasteiger partial charge in [-0.3, -0.25) is 19.4 Å². The van der Waals surface area contributed by atoms with Gasteiger partial charge in [-0.05, 0) is 36.4 Å². The summed E-state index contributed by atoms with van der Waals surface area (Å²) in [5.74, 6) is 0.798. The molecule has 0 unspecified atom stereocenters. The van der Waals surface area contributed by atoms with Gasteiger partial charge in [-0.25, -0.2) is 0 Å². The Kier molecular flexibility index (Phi) is 5.36. The summed E-state index contributed by atoms with van der Waals surface area (Å²) in [7, 11) is 3.61. The van der Waals surface area contributed by atoms with Gasteiger partial charge in [-0.2, -0.15) is 5.10 Å². The van der Waals surface area contributed by atoms with Crippen molar-refractivity contribution < 1.29 is 9.53 Å². The molecule has 4 aromatic rings. The zero-order chi connectivity index (χ0) is 22.1. The summed E-state index contributed by atoms with van der Waals surface area (Å²) in [6.45, 7) is 3.83. The lowest BCUT2D eigenvalue weighted by Gasteiger charge is -2.34. The first kappa shape index (κ1) is 20.3. The predicted molar refractivity (Wildman–Crippen MR) is 122 cm³/mol. The van der Waals surface area contributed by atoms with Crippen LogP contribution in [0.25, 0.3) is 22.2 Å². The fourth-order valence-electron chi connectivity index (χ4n) is 4.24. The van der Waals surface area contributed by atoms with Gasteiger partial charge >= 0.3 is 0 Å². The molecule has 1 aromatic carbocycles. The number of nitrogens with one attached hydrogen (secondary N) is 1. The van der Waals surface area contributed by atoms with E-state index in [-0.39, 0.29) is 5.91 Å². The van der Waals surface area contributed by atoms with E-state index in [2.05, 4.69) is 26.0 Å². The fraction of sp³-hybridized carbons (Fsp3) is 0.292. The van der Waals surface area contributed by atoms with Crippen LogP contribution in [-0.4, -0.2) is 68.7 Å². The number of carbonyl (C=O) groups excluding carboxylic acids is 1. The fourth-order valence-corrected chi connectivity index (χ4v) is 4.24. The standard InChI is InChI=1S/C24H26N6O2/c1-28-18(13-21(27-28)17-5-4-8-25-15-17)16-29-9-11-30(12-10-29)24(31)22-14-19-20(26-22)6-3-7-23(19)32-2/h3-8,13-15,26H,9-12,16H2,1-2H3. The Morgan fingerprint density at radius 1 is 1.12 bits per heavy atom. The molecule has 8 nitrogen and oxygen atoms in total. The van der Waals surface area contributed by atoms with Crippen LogP contribution in [0.15, 0.2) is 54.9 Å². The Hall–Kier alpha value is -3.65. The minimum atomic E-state index is 0.0299. The number of aryl methyl sites for hydroxylation is 1. The summed E-state index contributed by atoms with van der Waals surface area (Å²) >= 11 is 0. The summed E-state index contributed by atoms with van der Waals surface area (Å²) in [5.41, 5.74) is 4.60. The van der Waals surface area contributed by atoms with Crippen LogP contribution in [0.2, 0.25) is 0 Å². The van der Waals surface area contributed by atoms with E-state index >= 15 is 0 Å². The van der Waals surface area contributed by atoms with Crippen LogP contribution >= 0.6 is 0 Å². The summed E-state index contributed by atoms with van der Waals surface area (Å²) in [4.78, 5) is 24.8. The van der Waals surface area contributed by atoms with Crippen LogP contribution in [0, 0.1) is 0 Å². The highest BCUT2D eigenvalue weighted by Crippen LogP contribution is 2.27. The van der Waals surface area contributed by atoms with Crippen molar-refractivity contribution in [2.45, 2.75) is 6.54 Å². The second-order valence-electron chi connectivity index (χ2n) is 8.06. The van der Waals surface area contributed by atoms with Gasteiger partial charge in [0.05, 0.1) is 18.5 Å². The van der Waals surface area contributed by atoms with E-state index < -0.39 is 0 Å². The van der Waals surface area contributed by atoms with Crippen LogP contribution in [0.5, 0.6) is 5.75 Å². The molecule has 1 aliphatic heterocycles. The van der Waals surface area contributed by atoms with Crippen LogP contribution < -0.4 is 4.74 Å². The molecule has 1 aliphatic rings. The Morgan fingerprint density at radius 2 is 1.97 bits per heavy atom. The number of benzene rings is 1. The summed E-state index contributed by atoms with van der Waals surface area (Å²) in [5, 5.41) is 5.56. The lowest BCUT2D eigenvalue weighted by atomic mass is 10.2. The lowest BCUT2D eigenvalue weighted by molar-refractivity contribution is 0.0620. The molecule has 1 N–H and O–H groups in total. The number of aromatic nitrogens is 4. The molecule has 0 bridgehead atoms. The quantitative estimate of drug-likeness (QED) is 0.527. The highest BCUT2D eigenvalue weighted by molar-refractivity contribution is 5.99. The molecule has 32 heavy (non-hydrogen) atoms. The van der Waals surface area contributed by atoms with Crippen molar-refractivity contribution in [3.63, 3.8) is 0 Å². The SMILES string of the molecule is COc1cccc2[nH]c(C(=O)N3CCN(Cc4cc(-c5cccnc5)nn4C)CC3)cc12. The largest absolute Gasteiger partial charge is 0.496 e. The molecule has 1 saturated heterocycles. The molecule has 4 heterocycles. The van der Waals surface area contributed by atoms with Crippen LogP contribution in [0.3, 0.4) is 0 Å². The second kappa shape index (κ2) is 8.47. The number of nitrogens with zero attached hydrogens (tertiary/aromatic N) is 5. The number of pyridine rings is 1. The number of ether oxygens (including phenoxy) is 1. The van der Waals surface area contributed by atoms with Crippen molar-refractivity contribution in [1.82, 2.24) is 29.5 Å². The minimum absolute atomic E-state index is 0.0299. The smallest absolute Gasteiger partial charge is 0.270 e. The van der Waals surface area contributed by atoms with E-state index in [1.54, 1.807) is 13.3 Å². The third-order valence-electron chi connectivity index (χ3n) is 6.05. The van der Waals surface area contributed by atoms with Gasteiger partial charge in [0.2, 0.25) is 0 Å². The molecule has 1 fully saturated rings. The average molecular weight is 431 g/mol. The number of fused-ring (bicyclic) bond motifs is 1. The van der Waals surface area contributed by atoms with Crippen molar-refractivity contribution >= 4 is 16.8 Å². The lowest BCUT2D eigenvalue weighted by Crippen LogP contribution is -2.48. The molecule has 8 heteroatoms. The molecule has 0 radical (unpaired) electrons. The molecule has 164 valence electrons. The van der Waals surface area contributed by atoms with Gasteiger partial charge < -0.3 is 14.6 Å². The number of carbonyl (C=O) groups is 1. The number of piperazine rings is 1. The molecule has 0 aliphatic carbocycles. The number of amides is 1. The Bertz CT molecular complexity index is 1240. The van der Waals surface area contributed by atoms with E-state index in [4.69, 9.17) is 4.74 Å². The van der Waals surface area contributed by atoms with E-state index in [1.807, 2.05) is 59.2 Å². The van der Waals surface area contributed by atoms with Gasteiger partial charge in [-0.1, -0.05) is 6.07 Å². The maximum absolute atomic E-state index is 13.1. The van der Waals surface area contributed by atoms with Gasteiger partial charge in [-0.15, -0.1) is 0 Å². The van der Waals surface area contributed by atoms with Gasteiger partial charge in [0.15, 0.2) is 0 Å². The van der Waals surface area contributed by atoms with Gasteiger partial charge in [0.25, 0.3) is 5.91 Å². The van der Waals surface area contributed by atoms with Gasteiger partial charge in [0, 0.05) is 68.6 Å². The van der Waals surface area contributed by atoms with Crippen LogP contribution in [-0.2, 0) is 13.6 Å². The first-order valence-electron chi connectivity index (χ1n) is 10.7. The van der Waals surface area contributed by atoms with Crippen molar-refractivity contribution in [1.29, 1.82) is 0 Å². The van der Waals surface area contributed by atoms with Crippen molar-refractivity contribution in [2.24, 2.45) is 7.05 Å². The monoisotopic (exact) mass is 430 g/mol. The first-order valence-corrected chi connectivity index (χ1v) is 10.7. The van der Waals surface area contributed by atoms with Crippen molar-refractivity contribution in [2.75, 3.05) is 33.3 Å². The number of hydrogen-bond donors (Lipinski definition) is 1. The molecule has 0 atom stereocenters. The highest BCUT2D eigenvalue weighted by Gasteiger charge is 2.24. The van der Waals surface area contributed by atoms with E-state index in [9.17, 15) is 4.79 Å². The zero-order valence-corrected chi connectivity index (χ0v) is 18.3. The van der Waals surface area contributed by atoms with Crippen molar-refractivity contribution in [3.05, 3.63) is 66.2 Å². The topological polar surface area (TPSA) is 79.3 Å². The third kappa shape index (κ3) is 3.85. The number of hydrogen-bond acceptors (Lipinski definition) is 5. The van der Waals surface area contributed by atoms with Crippen LogP contribution in [0.1, 0.15) is 16.2 Å². The second-order valence-corrected chi connectivity index (χ2v) is 8.06. The van der Waals surface area contributed by atoms with Gasteiger partial charge in [0.1, 0.15) is 11.4 Å². The van der Waals surface area contributed by atoms with Crippen molar-refractivity contribution in [3.8, 4) is 17.0 Å². The molecule has 5 rings (SSSR count). The maximum atomic E-state index is 13.1. The zero-order valence-electron chi connectivity index (χ0n) is 18.3. The first-order chi connectivity index (χ1) is 15.6. The Labute approximate surface area is 186 Å². The molecule has 0 spiro atoms. The number of H-pyrrole nitrogens is 1. The summed E-state index contributed by atoms with van der Waals surface area (Å²) < 4.78 is 7.34. The molecule has 0 saturated carbocycles. The van der Waals surface area contributed by atoms with E-state index in [0.717, 1.165) is 53.2 Å². The molecular formula is C24H26N6O2. The number of aromatic amines is 1. The highest BCUT2D eigenvalue weighted by atomic mass is 16.5. The van der Waals surface area contributed by atoms with E-state index in [1.165, 1.54) is 0 Å². The molecule has 1 amide bonds. The Morgan fingerprint density at radius 3 is 2.72 bits per heavy atom. The molecule has 3 aromatic heterocycles.